The highest BCUT2D eigenvalue weighted by molar-refractivity contribution is 9.10. The summed E-state index contributed by atoms with van der Waals surface area (Å²) in [4.78, 5) is 11.8. The largest absolute Gasteiger partial charge is 0.352 e. The van der Waals surface area contributed by atoms with E-state index in [-0.39, 0.29) is 25.4 Å². The molecule has 0 aromatic heterocycles. The van der Waals surface area contributed by atoms with E-state index in [0.717, 1.165) is 0 Å². The molecule has 112 valence electrons. The Labute approximate surface area is 136 Å². The third kappa shape index (κ3) is 4.91. The van der Waals surface area contributed by atoms with Crippen LogP contribution in [-0.2, 0) is 9.05 Å². The maximum absolute atomic E-state index is 12.0. The van der Waals surface area contributed by atoms with E-state index in [2.05, 4.69) is 21.2 Å². The standard InChI is InChI=1S/C12H14BrCl2NO3S/c1-12(2,3)6-16-11(17)7-4-8(14)10(13)9(5-7)20(15,18)19/h4-5H,6H2,1-3H3,(H,16,17). The van der Waals surface area contributed by atoms with Gasteiger partial charge in [-0.15, -0.1) is 0 Å². The molecule has 0 unspecified atom stereocenters. The van der Waals surface area contributed by atoms with Crippen molar-refractivity contribution in [3.8, 4) is 0 Å². The summed E-state index contributed by atoms with van der Waals surface area (Å²) in [7, 11) is 1.32. The predicted molar refractivity (Wildman–Crippen MR) is 84.0 cm³/mol. The lowest BCUT2D eigenvalue weighted by Crippen LogP contribution is -2.32. The number of hydrogen-bond donors (Lipinski definition) is 1. The van der Waals surface area contributed by atoms with Crippen molar-refractivity contribution in [2.24, 2.45) is 5.41 Å². The number of amides is 1. The smallest absolute Gasteiger partial charge is 0.262 e. The number of hydrogen-bond acceptors (Lipinski definition) is 3. The van der Waals surface area contributed by atoms with Gasteiger partial charge in [0.25, 0.3) is 15.0 Å². The highest BCUT2D eigenvalue weighted by Crippen LogP contribution is 2.33. The van der Waals surface area contributed by atoms with Gasteiger partial charge in [0.2, 0.25) is 0 Å². The minimum absolute atomic E-state index is 0.0871. The van der Waals surface area contributed by atoms with Gasteiger partial charge < -0.3 is 5.32 Å². The third-order valence-corrected chi connectivity index (χ3v) is 5.29. The van der Waals surface area contributed by atoms with Gasteiger partial charge in [-0.2, -0.15) is 0 Å². The molecule has 0 aliphatic carbocycles. The lowest BCUT2D eigenvalue weighted by atomic mass is 9.97. The molecular weight excluding hydrogens is 389 g/mol. The van der Waals surface area contributed by atoms with Crippen LogP contribution >= 0.6 is 38.2 Å². The summed E-state index contributed by atoms with van der Waals surface area (Å²) < 4.78 is 23.0. The molecule has 8 heteroatoms. The minimum Gasteiger partial charge on any atom is -0.352 e. The Balaban J connectivity index is 3.15. The molecule has 1 aromatic rings. The first-order chi connectivity index (χ1) is 8.92. The van der Waals surface area contributed by atoms with Crippen LogP contribution in [0.3, 0.4) is 0 Å². The van der Waals surface area contributed by atoms with Crippen LogP contribution in [-0.4, -0.2) is 20.9 Å². The molecule has 1 rings (SSSR count). The minimum atomic E-state index is -3.99. The summed E-state index contributed by atoms with van der Waals surface area (Å²) in [5.41, 5.74) is 0.0533. The van der Waals surface area contributed by atoms with E-state index in [1.807, 2.05) is 20.8 Å². The third-order valence-electron chi connectivity index (χ3n) is 2.30. The van der Waals surface area contributed by atoms with Crippen molar-refractivity contribution in [1.82, 2.24) is 5.32 Å². The molecule has 0 bridgehead atoms. The number of halogens is 3. The second-order valence-electron chi connectivity index (χ2n) is 5.45. The fourth-order valence-electron chi connectivity index (χ4n) is 1.32. The number of carbonyl (C=O) groups is 1. The molecule has 1 aromatic carbocycles. The quantitative estimate of drug-likeness (QED) is 0.782. The molecule has 0 aliphatic rings. The van der Waals surface area contributed by atoms with Gasteiger partial charge in [-0.05, 0) is 33.5 Å². The summed E-state index contributed by atoms with van der Waals surface area (Å²) in [6.07, 6.45) is 0. The van der Waals surface area contributed by atoms with Crippen LogP contribution in [0.2, 0.25) is 5.02 Å². The number of rotatable bonds is 3. The molecule has 0 saturated heterocycles. The van der Waals surface area contributed by atoms with Crippen LogP contribution in [0.4, 0.5) is 0 Å². The highest BCUT2D eigenvalue weighted by Gasteiger charge is 2.21. The first-order valence-electron chi connectivity index (χ1n) is 5.64. The zero-order valence-corrected chi connectivity index (χ0v) is 15.0. The average Bonchev–Trinajstić information content (AvgIpc) is 2.26. The van der Waals surface area contributed by atoms with Gasteiger partial charge in [0.05, 0.1) is 14.4 Å². The van der Waals surface area contributed by atoms with Crippen molar-refractivity contribution >= 4 is 53.2 Å². The molecule has 1 N–H and O–H groups in total. The number of nitrogens with one attached hydrogen (secondary N) is 1. The molecule has 0 radical (unpaired) electrons. The summed E-state index contributed by atoms with van der Waals surface area (Å²) in [5.74, 6) is -0.407. The summed E-state index contributed by atoms with van der Waals surface area (Å²) in [6.45, 7) is 6.35. The van der Waals surface area contributed by atoms with Crippen molar-refractivity contribution in [2.75, 3.05) is 6.54 Å². The lowest BCUT2D eigenvalue weighted by molar-refractivity contribution is 0.0939. The number of benzene rings is 1. The van der Waals surface area contributed by atoms with Crippen LogP contribution in [0.15, 0.2) is 21.5 Å². The van der Waals surface area contributed by atoms with Crippen molar-refractivity contribution in [1.29, 1.82) is 0 Å². The first-order valence-corrected chi connectivity index (χ1v) is 9.12. The van der Waals surface area contributed by atoms with E-state index in [0.29, 0.717) is 6.54 Å². The Morgan fingerprint density at radius 2 is 1.90 bits per heavy atom. The SMILES string of the molecule is CC(C)(C)CNC(=O)c1cc(Cl)c(Br)c(S(=O)(=O)Cl)c1. The van der Waals surface area contributed by atoms with E-state index < -0.39 is 15.0 Å². The molecule has 0 heterocycles. The van der Waals surface area contributed by atoms with Gasteiger partial charge in [-0.3, -0.25) is 4.79 Å². The van der Waals surface area contributed by atoms with E-state index in [1.165, 1.54) is 12.1 Å². The van der Waals surface area contributed by atoms with E-state index in [9.17, 15) is 13.2 Å². The topological polar surface area (TPSA) is 63.2 Å². The first kappa shape index (κ1) is 17.8. The monoisotopic (exact) mass is 401 g/mol. The molecule has 4 nitrogen and oxygen atoms in total. The van der Waals surface area contributed by atoms with Gasteiger partial charge in [0.1, 0.15) is 0 Å². The Morgan fingerprint density at radius 1 is 1.35 bits per heavy atom. The number of carbonyl (C=O) groups excluding carboxylic acids is 1. The van der Waals surface area contributed by atoms with Crippen molar-refractivity contribution < 1.29 is 13.2 Å². The fraction of sp³-hybridized carbons (Fsp3) is 0.417. The average molecular weight is 403 g/mol. The summed E-state index contributed by atoms with van der Waals surface area (Å²) in [6, 6.07) is 2.57. The Morgan fingerprint density at radius 3 is 2.35 bits per heavy atom. The maximum atomic E-state index is 12.0. The van der Waals surface area contributed by atoms with Gasteiger partial charge in [-0.1, -0.05) is 32.4 Å². The zero-order valence-electron chi connectivity index (χ0n) is 11.1. The molecule has 20 heavy (non-hydrogen) atoms. The Bertz CT molecular complexity index is 639. The fourth-order valence-corrected chi connectivity index (χ4v) is 3.70. The normalized spacial score (nSPS) is 12.3. The van der Waals surface area contributed by atoms with Crippen LogP contribution in [0.25, 0.3) is 0 Å². The van der Waals surface area contributed by atoms with E-state index >= 15 is 0 Å². The van der Waals surface area contributed by atoms with E-state index in [1.54, 1.807) is 0 Å². The van der Waals surface area contributed by atoms with Crippen LogP contribution in [0, 0.1) is 5.41 Å². The van der Waals surface area contributed by atoms with Crippen molar-refractivity contribution in [3.05, 3.63) is 27.2 Å². The maximum Gasteiger partial charge on any atom is 0.262 e. The highest BCUT2D eigenvalue weighted by atomic mass is 79.9. The van der Waals surface area contributed by atoms with Gasteiger partial charge in [-0.25, -0.2) is 8.42 Å². The molecule has 1 amide bonds. The van der Waals surface area contributed by atoms with Crippen molar-refractivity contribution in [2.45, 2.75) is 25.7 Å². The summed E-state index contributed by atoms with van der Waals surface area (Å²) >= 11 is 8.95. The Hall–Kier alpha value is -0.300. The second kappa shape index (κ2) is 6.22. The molecule has 0 aliphatic heterocycles. The molecule has 0 saturated carbocycles. The Kier molecular flexibility index (Phi) is 5.52. The van der Waals surface area contributed by atoms with Gasteiger partial charge in [0, 0.05) is 22.8 Å². The predicted octanol–water partition coefficient (Wildman–Crippen LogP) is 3.81. The molecule has 0 atom stereocenters. The zero-order chi connectivity index (χ0) is 15.7. The molecular formula is C12H14BrCl2NO3S. The summed E-state index contributed by atoms with van der Waals surface area (Å²) in [5, 5.41) is 2.82. The second-order valence-corrected chi connectivity index (χ2v) is 9.19. The lowest BCUT2D eigenvalue weighted by Gasteiger charge is -2.19. The van der Waals surface area contributed by atoms with Crippen molar-refractivity contribution in [3.63, 3.8) is 0 Å². The van der Waals surface area contributed by atoms with Crippen LogP contribution < -0.4 is 5.32 Å². The van der Waals surface area contributed by atoms with Gasteiger partial charge in [0.15, 0.2) is 0 Å². The van der Waals surface area contributed by atoms with Gasteiger partial charge >= 0.3 is 0 Å². The van der Waals surface area contributed by atoms with Crippen LogP contribution in [0.1, 0.15) is 31.1 Å². The molecule has 0 spiro atoms. The van der Waals surface area contributed by atoms with Crippen LogP contribution in [0.5, 0.6) is 0 Å². The van der Waals surface area contributed by atoms with E-state index in [4.69, 9.17) is 22.3 Å². The molecule has 0 fully saturated rings.